The highest BCUT2D eigenvalue weighted by Gasteiger charge is 2.15. The summed E-state index contributed by atoms with van der Waals surface area (Å²) in [6, 6.07) is 4.69. The number of nitrogens with one attached hydrogen (secondary N) is 2. The molecule has 0 aromatic heterocycles. The number of benzene rings is 1. The molecular weight excluding hydrogens is 400 g/mol. The van der Waals surface area contributed by atoms with Crippen molar-refractivity contribution in [2.24, 2.45) is 0 Å². The molecule has 1 aliphatic heterocycles. The van der Waals surface area contributed by atoms with Crippen molar-refractivity contribution in [2.45, 2.75) is 18.9 Å². The van der Waals surface area contributed by atoms with Gasteiger partial charge < -0.3 is 10.6 Å². The molecule has 1 aromatic rings. The minimum Gasteiger partial charge on any atom is -0.380 e. The van der Waals surface area contributed by atoms with Crippen molar-refractivity contribution in [3.05, 3.63) is 25.6 Å². The quantitative estimate of drug-likeness (QED) is 0.762. The van der Waals surface area contributed by atoms with E-state index in [9.17, 15) is 0 Å². The van der Waals surface area contributed by atoms with Crippen LogP contribution in [0, 0.1) is 0 Å². The van der Waals surface area contributed by atoms with E-state index >= 15 is 0 Å². The van der Waals surface area contributed by atoms with Crippen LogP contribution in [0.25, 0.3) is 0 Å². The maximum atomic E-state index is 3.59. The van der Waals surface area contributed by atoms with Crippen LogP contribution in [0.3, 0.4) is 0 Å². The lowest BCUT2D eigenvalue weighted by molar-refractivity contribution is 0.479. The molecular formula is C11H13Br3N2. The van der Waals surface area contributed by atoms with E-state index in [0.29, 0.717) is 6.04 Å². The molecule has 16 heavy (non-hydrogen) atoms. The maximum absolute atomic E-state index is 3.59. The Kier molecular flexibility index (Phi) is 4.70. The van der Waals surface area contributed by atoms with Gasteiger partial charge in [0.05, 0.1) is 5.69 Å². The summed E-state index contributed by atoms with van der Waals surface area (Å²) in [5.74, 6) is 0. The predicted molar refractivity (Wildman–Crippen MR) is 79.1 cm³/mol. The van der Waals surface area contributed by atoms with Gasteiger partial charge in [-0.3, -0.25) is 0 Å². The van der Waals surface area contributed by atoms with Crippen LogP contribution in [-0.2, 0) is 0 Å². The molecule has 0 unspecified atom stereocenters. The molecule has 0 saturated carbocycles. The lowest BCUT2D eigenvalue weighted by atomic mass is 10.1. The molecule has 1 saturated heterocycles. The molecule has 2 rings (SSSR count). The average Bonchev–Trinajstić information content (AvgIpc) is 2.25. The Morgan fingerprint density at radius 2 is 1.62 bits per heavy atom. The molecule has 0 atom stereocenters. The molecule has 1 heterocycles. The highest BCUT2D eigenvalue weighted by atomic mass is 79.9. The summed E-state index contributed by atoms with van der Waals surface area (Å²) in [5.41, 5.74) is 1.15. The van der Waals surface area contributed by atoms with Crippen LogP contribution in [0.5, 0.6) is 0 Å². The zero-order valence-electron chi connectivity index (χ0n) is 8.69. The highest BCUT2D eigenvalue weighted by molar-refractivity contribution is 9.11. The third-order valence-corrected chi connectivity index (χ3v) is 4.40. The number of rotatable bonds is 2. The van der Waals surface area contributed by atoms with Gasteiger partial charge in [-0.25, -0.2) is 0 Å². The summed E-state index contributed by atoms with van der Waals surface area (Å²) in [4.78, 5) is 0. The van der Waals surface area contributed by atoms with E-state index in [1.807, 2.05) is 0 Å². The first-order chi connectivity index (χ1) is 7.66. The standard InChI is InChI=1S/C11H13Br3N2/c12-7-5-9(13)11(10(14)6-7)16-8-1-3-15-4-2-8/h5-6,8,15-16H,1-4H2. The highest BCUT2D eigenvalue weighted by Crippen LogP contribution is 2.35. The van der Waals surface area contributed by atoms with Crippen LogP contribution >= 0.6 is 47.8 Å². The van der Waals surface area contributed by atoms with Gasteiger partial charge in [-0.2, -0.15) is 0 Å². The molecule has 1 aromatic carbocycles. The Labute approximate surface area is 121 Å². The van der Waals surface area contributed by atoms with E-state index in [1.165, 1.54) is 12.8 Å². The second-order valence-electron chi connectivity index (χ2n) is 3.91. The van der Waals surface area contributed by atoms with Crippen molar-refractivity contribution in [3.8, 4) is 0 Å². The first-order valence-corrected chi connectivity index (χ1v) is 7.66. The largest absolute Gasteiger partial charge is 0.380 e. The molecule has 0 bridgehead atoms. The molecule has 0 amide bonds. The third kappa shape index (κ3) is 3.22. The fourth-order valence-electron chi connectivity index (χ4n) is 1.85. The molecule has 0 spiro atoms. The van der Waals surface area contributed by atoms with Gasteiger partial charge in [0.15, 0.2) is 0 Å². The SMILES string of the molecule is Brc1cc(Br)c(NC2CCNCC2)c(Br)c1. The third-order valence-electron chi connectivity index (χ3n) is 2.69. The summed E-state index contributed by atoms with van der Waals surface area (Å²) in [5, 5.41) is 6.96. The predicted octanol–water partition coefficient (Wildman–Crippen LogP) is 4.14. The second kappa shape index (κ2) is 5.85. The van der Waals surface area contributed by atoms with Crippen molar-refractivity contribution in [1.82, 2.24) is 5.32 Å². The minimum atomic E-state index is 0.565. The Balaban J connectivity index is 2.14. The normalized spacial score (nSPS) is 17.4. The number of hydrogen-bond acceptors (Lipinski definition) is 2. The Hall–Kier alpha value is 0.420. The monoisotopic (exact) mass is 410 g/mol. The van der Waals surface area contributed by atoms with Gasteiger partial charge in [0.2, 0.25) is 0 Å². The van der Waals surface area contributed by atoms with Gasteiger partial charge in [0.1, 0.15) is 0 Å². The van der Waals surface area contributed by atoms with Crippen LogP contribution in [0.15, 0.2) is 25.6 Å². The van der Waals surface area contributed by atoms with Crippen LogP contribution < -0.4 is 10.6 Å². The molecule has 2 N–H and O–H groups in total. The van der Waals surface area contributed by atoms with Gasteiger partial charge in [-0.1, -0.05) is 15.9 Å². The van der Waals surface area contributed by atoms with Crippen LogP contribution in [-0.4, -0.2) is 19.1 Å². The number of piperidine rings is 1. The maximum Gasteiger partial charge on any atom is 0.0631 e. The Morgan fingerprint density at radius 3 is 2.19 bits per heavy atom. The van der Waals surface area contributed by atoms with Crippen LogP contribution in [0.4, 0.5) is 5.69 Å². The lowest BCUT2D eigenvalue weighted by Gasteiger charge is -2.25. The summed E-state index contributed by atoms with van der Waals surface area (Å²) < 4.78 is 3.25. The van der Waals surface area contributed by atoms with Gasteiger partial charge in [-0.15, -0.1) is 0 Å². The minimum absolute atomic E-state index is 0.565. The molecule has 1 aliphatic rings. The number of anilines is 1. The second-order valence-corrected chi connectivity index (χ2v) is 6.54. The van der Waals surface area contributed by atoms with E-state index in [2.05, 4.69) is 70.6 Å². The van der Waals surface area contributed by atoms with E-state index in [-0.39, 0.29) is 0 Å². The smallest absolute Gasteiger partial charge is 0.0631 e. The van der Waals surface area contributed by atoms with Crippen molar-refractivity contribution < 1.29 is 0 Å². The zero-order valence-corrected chi connectivity index (χ0v) is 13.5. The van der Waals surface area contributed by atoms with Gasteiger partial charge in [0.25, 0.3) is 0 Å². The number of hydrogen-bond donors (Lipinski definition) is 2. The molecule has 2 nitrogen and oxygen atoms in total. The lowest BCUT2D eigenvalue weighted by Crippen LogP contribution is -2.35. The van der Waals surface area contributed by atoms with Crippen molar-refractivity contribution >= 4 is 53.5 Å². The molecule has 88 valence electrons. The fourth-order valence-corrected chi connectivity index (χ4v) is 4.34. The summed E-state index contributed by atoms with van der Waals surface area (Å²) in [6.45, 7) is 2.20. The van der Waals surface area contributed by atoms with E-state index in [1.54, 1.807) is 0 Å². The van der Waals surface area contributed by atoms with Crippen LogP contribution in [0.2, 0.25) is 0 Å². The summed E-state index contributed by atoms with van der Waals surface area (Å²) in [6.07, 6.45) is 2.35. The van der Waals surface area contributed by atoms with Gasteiger partial charge >= 0.3 is 0 Å². The van der Waals surface area contributed by atoms with E-state index in [4.69, 9.17) is 0 Å². The van der Waals surface area contributed by atoms with Crippen molar-refractivity contribution in [1.29, 1.82) is 0 Å². The Morgan fingerprint density at radius 1 is 1.06 bits per heavy atom. The fraction of sp³-hybridized carbons (Fsp3) is 0.455. The molecule has 0 aliphatic carbocycles. The van der Waals surface area contributed by atoms with Gasteiger partial charge in [-0.05, 0) is 69.9 Å². The summed E-state index contributed by atoms with van der Waals surface area (Å²) in [7, 11) is 0. The van der Waals surface area contributed by atoms with E-state index in [0.717, 1.165) is 32.2 Å². The average molecular weight is 413 g/mol. The Bertz CT molecular complexity index is 352. The topological polar surface area (TPSA) is 24.1 Å². The first-order valence-electron chi connectivity index (χ1n) is 5.28. The molecule has 1 fully saturated rings. The molecule has 0 radical (unpaired) electrons. The van der Waals surface area contributed by atoms with Gasteiger partial charge in [0, 0.05) is 19.5 Å². The zero-order chi connectivity index (χ0) is 11.5. The van der Waals surface area contributed by atoms with Crippen LogP contribution in [0.1, 0.15) is 12.8 Å². The summed E-state index contributed by atoms with van der Waals surface area (Å²) >= 11 is 10.6. The number of halogens is 3. The van der Waals surface area contributed by atoms with Crippen molar-refractivity contribution in [3.63, 3.8) is 0 Å². The van der Waals surface area contributed by atoms with E-state index < -0.39 is 0 Å². The first kappa shape index (κ1) is 12.9. The van der Waals surface area contributed by atoms with Crippen molar-refractivity contribution in [2.75, 3.05) is 18.4 Å². The molecule has 5 heteroatoms.